The summed E-state index contributed by atoms with van der Waals surface area (Å²) in [5, 5.41) is 3.08. The molecule has 30 heavy (non-hydrogen) atoms. The quantitative estimate of drug-likeness (QED) is 0.599. The molecule has 3 aromatic rings. The maximum absolute atomic E-state index is 11.2. The normalized spacial score (nSPS) is 13.1. The van der Waals surface area contributed by atoms with Crippen LogP contribution >= 0.6 is 0 Å². The number of carbonyl (C=O) groups excluding carboxylic acids is 1. The lowest BCUT2D eigenvalue weighted by Gasteiger charge is -2.14. The number of rotatable bonds is 8. The molecular formula is C24H24N2O4. The predicted octanol–water partition coefficient (Wildman–Crippen LogP) is 3.62. The Hall–Kier alpha value is -3.51. The van der Waals surface area contributed by atoms with Crippen LogP contribution in [0.15, 0.2) is 66.7 Å². The summed E-state index contributed by atoms with van der Waals surface area (Å²) in [6.45, 7) is 2.71. The van der Waals surface area contributed by atoms with Gasteiger partial charge in [-0.3, -0.25) is 4.79 Å². The maximum Gasteiger partial charge on any atom is 0.234 e. The lowest BCUT2D eigenvalue weighted by molar-refractivity contribution is -0.119. The molecule has 1 unspecified atom stereocenters. The van der Waals surface area contributed by atoms with Gasteiger partial charge in [-0.25, -0.2) is 0 Å². The van der Waals surface area contributed by atoms with Crippen molar-refractivity contribution in [3.8, 4) is 28.4 Å². The van der Waals surface area contributed by atoms with E-state index in [0.717, 1.165) is 16.7 Å². The van der Waals surface area contributed by atoms with Crippen LogP contribution in [0.5, 0.6) is 17.2 Å². The van der Waals surface area contributed by atoms with Gasteiger partial charge < -0.3 is 25.3 Å². The van der Waals surface area contributed by atoms with Crippen LogP contribution < -0.4 is 25.3 Å². The van der Waals surface area contributed by atoms with Gasteiger partial charge in [-0.15, -0.1) is 0 Å². The molecule has 1 heterocycles. The van der Waals surface area contributed by atoms with Gasteiger partial charge in [0.1, 0.15) is 6.61 Å². The van der Waals surface area contributed by atoms with Crippen molar-refractivity contribution in [2.75, 3.05) is 6.79 Å². The zero-order valence-corrected chi connectivity index (χ0v) is 16.8. The Labute approximate surface area is 175 Å². The van der Waals surface area contributed by atoms with Crippen molar-refractivity contribution in [1.29, 1.82) is 0 Å². The molecule has 0 aliphatic carbocycles. The van der Waals surface area contributed by atoms with E-state index in [4.69, 9.17) is 19.9 Å². The second kappa shape index (κ2) is 8.88. The van der Waals surface area contributed by atoms with Crippen molar-refractivity contribution in [3.63, 3.8) is 0 Å². The van der Waals surface area contributed by atoms with Crippen LogP contribution in [0.2, 0.25) is 0 Å². The summed E-state index contributed by atoms with van der Waals surface area (Å²) in [6, 6.07) is 21.8. The Morgan fingerprint density at radius 3 is 2.60 bits per heavy atom. The molecule has 0 bridgehead atoms. The monoisotopic (exact) mass is 404 g/mol. The van der Waals surface area contributed by atoms with Gasteiger partial charge in [0.2, 0.25) is 18.4 Å². The number of fused-ring (bicyclic) bond motifs is 1. The first-order chi connectivity index (χ1) is 14.6. The second-order valence-corrected chi connectivity index (χ2v) is 7.15. The van der Waals surface area contributed by atoms with Gasteiger partial charge in [-0.2, -0.15) is 0 Å². The summed E-state index contributed by atoms with van der Waals surface area (Å²) < 4.78 is 17.3. The molecule has 6 nitrogen and oxygen atoms in total. The third kappa shape index (κ3) is 4.39. The third-order valence-corrected chi connectivity index (χ3v) is 5.02. The minimum atomic E-state index is -0.434. The molecule has 3 aromatic carbocycles. The van der Waals surface area contributed by atoms with Crippen molar-refractivity contribution in [3.05, 3.63) is 77.9 Å². The third-order valence-electron chi connectivity index (χ3n) is 5.02. The molecule has 0 spiro atoms. The van der Waals surface area contributed by atoms with Crippen molar-refractivity contribution in [1.82, 2.24) is 5.32 Å². The van der Waals surface area contributed by atoms with E-state index in [2.05, 4.69) is 29.6 Å². The summed E-state index contributed by atoms with van der Waals surface area (Å²) >= 11 is 0. The molecule has 6 heteroatoms. The molecule has 0 aromatic heterocycles. The molecule has 3 N–H and O–H groups in total. The van der Waals surface area contributed by atoms with E-state index >= 15 is 0 Å². The number of amides is 1. The van der Waals surface area contributed by atoms with Crippen LogP contribution in [-0.4, -0.2) is 18.7 Å². The Kier molecular flexibility index (Phi) is 5.86. The van der Waals surface area contributed by atoms with Crippen LogP contribution in [0.3, 0.4) is 0 Å². The van der Waals surface area contributed by atoms with Gasteiger partial charge in [0.15, 0.2) is 11.5 Å². The Bertz CT molecular complexity index is 1040. The minimum absolute atomic E-state index is 0.136. The largest absolute Gasteiger partial charge is 0.485 e. The van der Waals surface area contributed by atoms with Gasteiger partial charge >= 0.3 is 0 Å². The van der Waals surface area contributed by atoms with E-state index in [1.54, 1.807) is 6.92 Å². The fourth-order valence-corrected chi connectivity index (χ4v) is 3.28. The molecule has 0 saturated heterocycles. The second-order valence-electron chi connectivity index (χ2n) is 7.15. The molecule has 1 aliphatic heterocycles. The summed E-state index contributed by atoms with van der Waals surface area (Å²) in [7, 11) is 0. The van der Waals surface area contributed by atoms with Crippen molar-refractivity contribution >= 4 is 5.91 Å². The number of nitrogens with two attached hydrogens (primary N) is 1. The fraction of sp³-hybridized carbons (Fsp3) is 0.208. The highest BCUT2D eigenvalue weighted by atomic mass is 16.7. The number of primary amides is 1. The van der Waals surface area contributed by atoms with E-state index in [0.29, 0.717) is 30.4 Å². The number of carbonyl (C=O) groups is 1. The van der Waals surface area contributed by atoms with Gasteiger partial charge in [-0.1, -0.05) is 54.6 Å². The molecule has 0 fully saturated rings. The standard InChI is InChI=1S/C24H24N2O4/c1-16(24(25)27)26-13-20-10-11-21(23-22(20)29-15-30-23)28-14-17-6-5-9-19(12-17)18-7-3-2-4-8-18/h2-12,16,26H,13-15H2,1H3,(H2,25,27). The fourth-order valence-electron chi connectivity index (χ4n) is 3.28. The lowest BCUT2D eigenvalue weighted by atomic mass is 10.0. The van der Waals surface area contributed by atoms with Crippen LogP contribution in [0.25, 0.3) is 11.1 Å². The molecule has 0 radical (unpaired) electrons. The van der Waals surface area contributed by atoms with Crippen LogP contribution in [-0.2, 0) is 17.9 Å². The number of nitrogens with one attached hydrogen (secondary N) is 1. The van der Waals surface area contributed by atoms with Crippen molar-refractivity contribution in [2.24, 2.45) is 5.73 Å². The molecule has 1 aliphatic rings. The topological polar surface area (TPSA) is 82.8 Å². The SMILES string of the molecule is CC(NCc1ccc(OCc2cccc(-c3ccccc3)c2)c2c1OCO2)C(N)=O. The van der Waals surface area contributed by atoms with Crippen LogP contribution in [0, 0.1) is 0 Å². The van der Waals surface area contributed by atoms with E-state index in [-0.39, 0.29) is 6.79 Å². The molecule has 1 amide bonds. The number of ether oxygens (including phenoxy) is 3. The van der Waals surface area contributed by atoms with E-state index in [1.807, 2.05) is 42.5 Å². The zero-order valence-electron chi connectivity index (χ0n) is 16.8. The first-order valence-corrected chi connectivity index (χ1v) is 9.83. The van der Waals surface area contributed by atoms with Crippen LogP contribution in [0.4, 0.5) is 0 Å². The van der Waals surface area contributed by atoms with Gasteiger partial charge in [0.05, 0.1) is 6.04 Å². The molecular weight excluding hydrogens is 380 g/mol. The van der Waals surface area contributed by atoms with Gasteiger partial charge in [0, 0.05) is 12.1 Å². The number of benzene rings is 3. The average Bonchev–Trinajstić information content (AvgIpc) is 3.27. The molecule has 1 atom stereocenters. The maximum atomic E-state index is 11.2. The first kappa shape index (κ1) is 19.8. The number of hydrogen-bond acceptors (Lipinski definition) is 5. The summed E-state index contributed by atoms with van der Waals surface area (Å²) in [4.78, 5) is 11.2. The molecule has 154 valence electrons. The highest BCUT2D eigenvalue weighted by Crippen LogP contribution is 2.43. The Morgan fingerprint density at radius 2 is 1.80 bits per heavy atom. The van der Waals surface area contributed by atoms with E-state index in [9.17, 15) is 4.79 Å². The molecule has 4 rings (SSSR count). The zero-order chi connectivity index (χ0) is 20.9. The lowest BCUT2D eigenvalue weighted by Crippen LogP contribution is -2.38. The van der Waals surface area contributed by atoms with E-state index in [1.165, 1.54) is 5.56 Å². The smallest absolute Gasteiger partial charge is 0.234 e. The molecule has 0 saturated carbocycles. The summed E-state index contributed by atoms with van der Waals surface area (Å²) in [5.74, 6) is 1.44. The van der Waals surface area contributed by atoms with Gasteiger partial charge in [0.25, 0.3) is 0 Å². The highest BCUT2D eigenvalue weighted by molar-refractivity contribution is 5.79. The van der Waals surface area contributed by atoms with Crippen LogP contribution in [0.1, 0.15) is 18.1 Å². The predicted molar refractivity (Wildman–Crippen MR) is 114 cm³/mol. The van der Waals surface area contributed by atoms with Crippen molar-refractivity contribution in [2.45, 2.75) is 26.1 Å². The Morgan fingerprint density at radius 1 is 1.03 bits per heavy atom. The van der Waals surface area contributed by atoms with E-state index < -0.39 is 11.9 Å². The summed E-state index contributed by atoms with van der Waals surface area (Å²) in [6.07, 6.45) is 0. The number of hydrogen-bond donors (Lipinski definition) is 2. The van der Waals surface area contributed by atoms with Crippen molar-refractivity contribution < 1.29 is 19.0 Å². The highest BCUT2D eigenvalue weighted by Gasteiger charge is 2.23. The Balaban J connectivity index is 1.47. The minimum Gasteiger partial charge on any atom is -0.485 e. The first-order valence-electron chi connectivity index (χ1n) is 9.83. The average molecular weight is 404 g/mol. The van der Waals surface area contributed by atoms with Gasteiger partial charge in [-0.05, 0) is 35.7 Å². The summed E-state index contributed by atoms with van der Waals surface area (Å²) in [5.41, 5.74) is 9.56.